The van der Waals surface area contributed by atoms with Crippen molar-refractivity contribution in [2.24, 2.45) is 0 Å². The summed E-state index contributed by atoms with van der Waals surface area (Å²) in [4.78, 5) is 1.19. The van der Waals surface area contributed by atoms with E-state index >= 15 is 0 Å². The molecule has 18 heavy (non-hydrogen) atoms. The second-order valence-electron chi connectivity index (χ2n) is 3.73. The molecule has 96 valence electrons. The first kappa shape index (κ1) is 13.3. The van der Waals surface area contributed by atoms with Gasteiger partial charge in [0.2, 0.25) is 0 Å². The molecule has 3 N–H and O–H groups in total. The summed E-state index contributed by atoms with van der Waals surface area (Å²) >= 11 is 5.01. The van der Waals surface area contributed by atoms with Gasteiger partial charge < -0.3 is 11.1 Å². The molecule has 0 aliphatic heterocycles. The predicted octanol–water partition coefficient (Wildman–Crippen LogP) is 4.03. The lowest BCUT2D eigenvalue weighted by Crippen LogP contribution is -2.07. The van der Waals surface area contributed by atoms with Crippen LogP contribution in [0.4, 0.5) is 20.2 Å². The van der Waals surface area contributed by atoms with Crippen molar-refractivity contribution in [1.82, 2.24) is 0 Å². The molecular weight excluding hydrogens is 322 g/mol. The van der Waals surface area contributed by atoms with Crippen molar-refractivity contribution >= 4 is 38.6 Å². The van der Waals surface area contributed by atoms with Crippen LogP contribution in [-0.2, 0) is 6.42 Å². The first-order valence-corrected chi connectivity index (χ1v) is 6.90. The third-order valence-corrected chi connectivity index (χ3v) is 4.09. The van der Waals surface area contributed by atoms with Crippen molar-refractivity contribution in [1.29, 1.82) is 0 Å². The van der Waals surface area contributed by atoms with E-state index in [0.29, 0.717) is 12.2 Å². The van der Waals surface area contributed by atoms with Crippen molar-refractivity contribution in [2.75, 3.05) is 17.6 Å². The first-order chi connectivity index (χ1) is 8.56. The zero-order valence-electron chi connectivity index (χ0n) is 9.34. The van der Waals surface area contributed by atoms with Gasteiger partial charge in [0.05, 0.1) is 15.2 Å². The number of hydrogen-bond donors (Lipinski definition) is 2. The van der Waals surface area contributed by atoms with E-state index in [2.05, 4.69) is 21.2 Å². The number of hydrogen-bond acceptors (Lipinski definition) is 3. The average molecular weight is 333 g/mol. The molecule has 0 amide bonds. The minimum Gasteiger partial charge on any atom is -0.395 e. The quantitative estimate of drug-likeness (QED) is 0.829. The summed E-state index contributed by atoms with van der Waals surface area (Å²) < 4.78 is 27.3. The molecule has 0 saturated carbocycles. The van der Waals surface area contributed by atoms with Crippen molar-refractivity contribution < 1.29 is 8.78 Å². The SMILES string of the molecule is Nc1c(F)cc(F)cc1NCCc1ccc(Br)s1. The van der Waals surface area contributed by atoms with E-state index in [1.165, 1.54) is 10.9 Å². The number of nitrogens with two attached hydrogens (primary N) is 1. The lowest BCUT2D eigenvalue weighted by Gasteiger charge is -2.09. The standard InChI is InChI=1S/C12H11BrF2N2S/c13-11-2-1-8(18-11)3-4-17-10-6-7(14)5-9(15)12(10)16/h1-2,5-6,17H,3-4,16H2. The van der Waals surface area contributed by atoms with E-state index in [0.717, 1.165) is 16.3 Å². The van der Waals surface area contributed by atoms with E-state index in [-0.39, 0.29) is 5.69 Å². The van der Waals surface area contributed by atoms with E-state index < -0.39 is 11.6 Å². The molecule has 2 aromatic rings. The fourth-order valence-corrected chi connectivity index (χ4v) is 3.02. The van der Waals surface area contributed by atoms with Crippen molar-refractivity contribution in [2.45, 2.75) is 6.42 Å². The van der Waals surface area contributed by atoms with E-state index in [4.69, 9.17) is 5.73 Å². The number of halogens is 3. The normalized spacial score (nSPS) is 10.6. The summed E-state index contributed by atoms with van der Waals surface area (Å²) in [5, 5.41) is 2.94. The number of anilines is 2. The Kier molecular flexibility index (Phi) is 4.19. The molecule has 0 aliphatic carbocycles. The van der Waals surface area contributed by atoms with Crippen LogP contribution in [0.15, 0.2) is 28.1 Å². The summed E-state index contributed by atoms with van der Waals surface area (Å²) in [6.45, 7) is 0.569. The lowest BCUT2D eigenvalue weighted by atomic mass is 10.2. The molecule has 6 heteroatoms. The largest absolute Gasteiger partial charge is 0.395 e. The maximum Gasteiger partial charge on any atom is 0.151 e. The zero-order valence-corrected chi connectivity index (χ0v) is 11.7. The molecule has 0 spiro atoms. The highest BCUT2D eigenvalue weighted by Crippen LogP contribution is 2.25. The number of benzene rings is 1. The molecule has 0 radical (unpaired) electrons. The van der Waals surface area contributed by atoms with Gasteiger partial charge >= 0.3 is 0 Å². The Bertz CT molecular complexity index is 557. The molecule has 0 bridgehead atoms. The van der Waals surface area contributed by atoms with Crippen LogP contribution in [0.2, 0.25) is 0 Å². The van der Waals surface area contributed by atoms with Crippen LogP contribution < -0.4 is 11.1 Å². The Balaban J connectivity index is 1.98. The van der Waals surface area contributed by atoms with Crippen LogP contribution >= 0.6 is 27.3 Å². The lowest BCUT2D eigenvalue weighted by molar-refractivity contribution is 0.587. The molecular formula is C12H11BrF2N2S. The summed E-state index contributed by atoms with van der Waals surface area (Å²) in [5.41, 5.74) is 5.77. The van der Waals surface area contributed by atoms with Crippen LogP contribution in [0.5, 0.6) is 0 Å². The fraction of sp³-hybridized carbons (Fsp3) is 0.167. The summed E-state index contributed by atoms with van der Waals surface area (Å²) in [7, 11) is 0. The number of nitrogens with one attached hydrogen (secondary N) is 1. The van der Waals surface area contributed by atoms with Crippen molar-refractivity contribution in [3.8, 4) is 0 Å². The number of nitrogen functional groups attached to an aromatic ring is 1. The smallest absolute Gasteiger partial charge is 0.151 e. The molecule has 1 aromatic carbocycles. The van der Waals surface area contributed by atoms with E-state index in [1.54, 1.807) is 11.3 Å². The van der Waals surface area contributed by atoms with Crippen LogP contribution in [-0.4, -0.2) is 6.54 Å². The van der Waals surface area contributed by atoms with Crippen LogP contribution in [0.3, 0.4) is 0 Å². The van der Waals surface area contributed by atoms with Gasteiger partial charge in [0, 0.05) is 17.5 Å². The average Bonchev–Trinajstić information content (AvgIpc) is 2.71. The molecule has 2 rings (SSSR count). The van der Waals surface area contributed by atoms with Gasteiger partial charge in [-0.05, 0) is 40.5 Å². The van der Waals surface area contributed by atoms with Gasteiger partial charge in [0.25, 0.3) is 0 Å². The highest BCUT2D eigenvalue weighted by Gasteiger charge is 2.07. The highest BCUT2D eigenvalue weighted by atomic mass is 79.9. The third kappa shape index (κ3) is 3.20. The Labute approximate surface area is 116 Å². The predicted molar refractivity (Wildman–Crippen MR) is 75.0 cm³/mol. The Morgan fingerprint density at radius 3 is 2.72 bits per heavy atom. The third-order valence-electron chi connectivity index (χ3n) is 2.41. The second-order valence-corrected chi connectivity index (χ2v) is 6.28. The van der Waals surface area contributed by atoms with E-state index in [1.807, 2.05) is 12.1 Å². The maximum atomic E-state index is 13.2. The highest BCUT2D eigenvalue weighted by molar-refractivity contribution is 9.11. The van der Waals surface area contributed by atoms with Gasteiger partial charge in [0.1, 0.15) is 5.82 Å². The van der Waals surface area contributed by atoms with Crippen LogP contribution in [0, 0.1) is 11.6 Å². The Morgan fingerprint density at radius 1 is 1.28 bits per heavy atom. The summed E-state index contributed by atoms with van der Waals surface area (Å²) in [6.07, 6.45) is 0.772. The zero-order chi connectivity index (χ0) is 13.1. The Hall–Kier alpha value is -1.14. The fourth-order valence-electron chi connectivity index (χ4n) is 1.54. The molecule has 0 atom stereocenters. The molecule has 1 aromatic heterocycles. The molecule has 1 heterocycles. The van der Waals surface area contributed by atoms with Gasteiger partial charge in [-0.25, -0.2) is 8.78 Å². The van der Waals surface area contributed by atoms with Gasteiger partial charge in [-0.3, -0.25) is 0 Å². The first-order valence-electron chi connectivity index (χ1n) is 5.29. The topological polar surface area (TPSA) is 38.0 Å². The van der Waals surface area contributed by atoms with Crippen molar-refractivity contribution in [3.05, 3.63) is 44.6 Å². The molecule has 2 nitrogen and oxygen atoms in total. The van der Waals surface area contributed by atoms with Crippen LogP contribution in [0.1, 0.15) is 4.88 Å². The number of rotatable bonds is 4. The molecule has 0 unspecified atom stereocenters. The van der Waals surface area contributed by atoms with Crippen LogP contribution in [0.25, 0.3) is 0 Å². The van der Waals surface area contributed by atoms with Gasteiger partial charge in [-0.2, -0.15) is 0 Å². The van der Waals surface area contributed by atoms with Crippen molar-refractivity contribution in [3.63, 3.8) is 0 Å². The summed E-state index contributed by atoms with van der Waals surface area (Å²) in [5.74, 6) is -1.38. The minimum atomic E-state index is -0.739. The van der Waals surface area contributed by atoms with Gasteiger partial charge in [0.15, 0.2) is 5.82 Å². The molecule has 0 fully saturated rings. The summed E-state index contributed by atoms with van der Waals surface area (Å²) in [6, 6.07) is 5.95. The molecule has 0 aliphatic rings. The second kappa shape index (κ2) is 5.67. The van der Waals surface area contributed by atoms with E-state index in [9.17, 15) is 8.78 Å². The maximum absolute atomic E-state index is 13.2. The Morgan fingerprint density at radius 2 is 2.06 bits per heavy atom. The minimum absolute atomic E-state index is 0.0521. The molecule has 0 saturated heterocycles. The van der Waals surface area contributed by atoms with Gasteiger partial charge in [-0.15, -0.1) is 11.3 Å². The van der Waals surface area contributed by atoms with Gasteiger partial charge in [-0.1, -0.05) is 0 Å². The monoisotopic (exact) mass is 332 g/mol. The number of thiophene rings is 1.